The fourth-order valence-electron chi connectivity index (χ4n) is 1.94. The van der Waals surface area contributed by atoms with E-state index in [1.54, 1.807) is 0 Å². The Balaban J connectivity index is 1.70. The zero-order valence-electron chi connectivity index (χ0n) is 12.8. The maximum atomic E-state index is 13.1. The van der Waals surface area contributed by atoms with E-state index in [1.165, 1.54) is 17.8 Å². The van der Waals surface area contributed by atoms with E-state index in [4.69, 9.17) is 0 Å². The summed E-state index contributed by atoms with van der Waals surface area (Å²) in [5, 5.41) is 2.81. The van der Waals surface area contributed by atoms with E-state index < -0.39 is 11.6 Å². The minimum Gasteiger partial charge on any atom is -0.373 e. The van der Waals surface area contributed by atoms with Gasteiger partial charge in [-0.25, -0.2) is 8.78 Å². The quantitative estimate of drug-likeness (QED) is 0.788. The van der Waals surface area contributed by atoms with Gasteiger partial charge in [-0.3, -0.25) is 4.79 Å². The molecule has 2 aromatic carbocycles. The highest BCUT2D eigenvalue weighted by Crippen LogP contribution is 2.20. The van der Waals surface area contributed by atoms with Crippen molar-refractivity contribution in [1.82, 2.24) is 5.32 Å². The molecule has 0 atom stereocenters. The van der Waals surface area contributed by atoms with Gasteiger partial charge in [-0.1, -0.05) is 18.2 Å². The first-order chi connectivity index (χ1) is 11.1. The molecular formula is C17H18F2N2OS. The Kier molecular flexibility index (Phi) is 6.40. The average Bonchev–Trinajstić information content (AvgIpc) is 2.56. The van der Waals surface area contributed by atoms with Crippen molar-refractivity contribution in [2.75, 3.05) is 30.8 Å². The summed E-state index contributed by atoms with van der Waals surface area (Å²) in [6, 6.07) is 13.5. The van der Waals surface area contributed by atoms with Crippen molar-refractivity contribution in [3.8, 4) is 0 Å². The van der Waals surface area contributed by atoms with Gasteiger partial charge in [-0.2, -0.15) is 0 Å². The Morgan fingerprint density at radius 2 is 1.87 bits per heavy atom. The van der Waals surface area contributed by atoms with Crippen molar-refractivity contribution in [3.05, 3.63) is 60.2 Å². The Hall–Kier alpha value is -2.08. The fourth-order valence-corrected chi connectivity index (χ4v) is 2.69. The molecular weight excluding hydrogens is 318 g/mol. The summed E-state index contributed by atoms with van der Waals surface area (Å²) < 4.78 is 25.9. The number of nitrogens with zero attached hydrogens (tertiary/aromatic N) is 1. The summed E-state index contributed by atoms with van der Waals surface area (Å²) in [7, 11) is 1.96. The second kappa shape index (κ2) is 8.53. The van der Waals surface area contributed by atoms with Crippen LogP contribution in [0, 0.1) is 11.6 Å². The highest BCUT2D eigenvalue weighted by molar-refractivity contribution is 8.00. The van der Waals surface area contributed by atoms with Crippen LogP contribution in [0.2, 0.25) is 0 Å². The van der Waals surface area contributed by atoms with E-state index >= 15 is 0 Å². The summed E-state index contributed by atoms with van der Waals surface area (Å²) in [6.45, 7) is 1.20. The minimum absolute atomic E-state index is 0.138. The molecule has 0 bridgehead atoms. The second-order valence-electron chi connectivity index (χ2n) is 4.97. The Morgan fingerprint density at radius 3 is 2.57 bits per heavy atom. The lowest BCUT2D eigenvalue weighted by Gasteiger charge is -2.19. The smallest absolute Gasteiger partial charge is 0.230 e. The third-order valence-electron chi connectivity index (χ3n) is 3.23. The average molecular weight is 336 g/mol. The number of hydrogen-bond donors (Lipinski definition) is 1. The van der Waals surface area contributed by atoms with Crippen LogP contribution in [-0.4, -0.2) is 31.8 Å². The molecule has 6 heteroatoms. The van der Waals surface area contributed by atoms with Crippen LogP contribution in [0.4, 0.5) is 14.5 Å². The Morgan fingerprint density at radius 1 is 1.13 bits per heavy atom. The van der Waals surface area contributed by atoms with Gasteiger partial charge in [-0.15, -0.1) is 11.8 Å². The van der Waals surface area contributed by atoms with Gasteiger partial charge in [0.25, 0.3) is 0 Å². The molecule has 0 aliphatic heterocycles. The zero-order chi connectivity index (χ0) is 16.7. The molecule has 2 rings (SSSR count). The Labute approximate surface area is 138 Å². The van der Waals surface area contributed by atoms with Crippen molar-refractivity contribution in [2.45, 2.75) is 4.90 Å². The lowest BCUT2D eigenvalue weighted by atomic mass is 10.3. The minimum atomic E-state index is -0.903. The van der Waals surface area contributed by atoms with Gasteiger partial charge in [-0.05, 0) is 30.3 Å². The largest absolute Gasteiger partial charge is 0.373 e. The fraction of sp³-hybridized carbons (Fsp3) is 0.235. The molecule has 1 amide bonds. The van der Waals surface area contributed by atoms with Crippen molar-refractivity contribution < 1.29 is 13.6 Å². The lowest BCUT2D eigenvalue weighted by Crippen LogP contribution is -2.33. The SMILES string of the molecule is CN(CCNC(=O)CSc1ccc(F)c(F)c1)c1ccccc1. The molecule has 3 nitrogen and oxygen atoms in total. The number of carbonyl (C=O) groups excluding carboxylic acids is 1. The summed E-state index contributed by atoms with van der Waals surface area (Å²) in [5.74, 6) is -1.76. The predicted octanol–water partition coefficient (Wildman–Crippen LogP) is 3.31. The van der Waals surface area contributed by atoms with E-state index in [0.29, 0.717) is 18.0 Å². The molecule has 0 fully saturated rings. The molecule has 0 aliphatic carbocycles. The number of thioether (sulfide) groups is 1. The number of benzene rings is 2. The molecule has 122 valence electrons. The summed E-state index contributed by atoms with van der Waals surface area (Å²) in [6.07, 6.45) is 0. The van der Waals surface area contributed by atoms with Crippen LogP contribution in [0.3, 0.4) is 0 Å². The van der Waals surface area contributed by atoms with E-state index in [0.717, 1.165) is 17.8 Å². The predicted molar refractivity (Wildman–Crippen MR) is 89.8 cm³/mol. The summed E-state index contributed by atoms with van der Waals surface area (Å²) >= 11 is 1.17. The number of carbonyl (C=O) groups is 1. The van der Waals surface area contributed by atoms with E-state index in [-0.39, 0.29) is 11.7 Å². The molecule has 0 saturated heterocycles. The van der Waals surface area contributed by atoms with Crippen LogP contribution in [0.25, 0.3) is 0 Å². The standard InChI is InChI=1S/C17H18F2N2OS/c1-21(13-5-3-2-4-6-13)10-9-20-17(22)12-23-14-7-8-15(18)16(19)11-14/h2-8,11H,9-10,12H2,1H3,(H,20,22). The Bertz CT molecular complexity index is 652. The van der Waals surface area contributed by atoms with Crippen molar-refractivity contribution in [2.24, 2.45) is 0 Å². The molecule has 0 aromatic heterocycles. The monoisotopic (exact) mass is 336 g/mol. The third-order valence-corrected chi connectivity index (χ3v) is 4.22. The number of hydrogen-bond acceptors (Lipinski definition) is 3. The van der Waals surface area contributed by atoms with Crippen LogP contribution < -0.4 is 10.2 Å². The highest BCUT2D eigenvalue weighted by atomic mass is 32.2. The van der Waals surface area contributed by atoms with Gasteiger partial charge in [0, 0.05) is 30.7 Å². The van der Waals surface area contributed by atoms with Gasteiger partial charge in [0.1, 0.15) is 0 Å². The molecule has 0 unspecified atom stereocenters. The number of para-hydroxylation sites is 1. The number of likely N-dealkylation sites (N-methyl/N-ethyl adjacent to an activating group) is 1. The molecule has 0 spiro atoms. The first kappa shape index (κ1) is 17.3. The van der Waals surface area contributed by atoms with Gasteiger partial charge < -0.3 is 10.2 Å². The van der Waals surface area contributed by atoms with Crippen molar-refractivity contribution in [3.63, 3.8) is 0 Å². The first-order valence-corrected chi connectivity index (χ1v) is 8.15. The summed E-state index contributed by atoms with van der Waals surface area (Å²) in [4.78, 5) is 14.3. The van der Waals surface area contributed by atoms with E-state index in [2.05, 4.69) is 5.32 Å². The number of amides is 1. The van der Waals surface area contributed by atoms with Crippen LogP contribution >= 0.6 is 11.8 Å². The van der Waals surface area contributed by atoms with Crippen molar-refractivity contribution >= 4 is 23.4 Å². The number of rotatable bonds is 7. The first-order valence-electron chi connectivity index (χ1n) is 7.17. The molecule has 23 heavy (non-hydrogen) atoms. The molecule has 0 heterocycles. The van der Waals surface area contributed by atoms with Gasteiger partial charge in [0.05, 0.1) is 5.75 Å². The van der Waals surface area contributed by atoms with E-state index in [9.17, 15) is 13.6 Å². The normalized spacial score (nSPS) is 10.4. The number of nitrogens with one attached hydrogen (secondary N) is 1. The van der Waals surface area contributed by atoms with Gasteiger partial charge in [0.2, 0.25) is 5.91 Å². The van der Waals surface area contributed by atoms with E-state index in [1.807, 2.05) is 42.3 Å². The second-order valence-corrected chi connectivity index (χ2v) is 6.02. The van der Waals surface area contributed by atoms with Crippen molar-refractivity contribution in [1.29, 1.82) is 0 Å². The molecule has 2 aromatic rings. The molecule has 0 radical (unpaired) electrons. The van der Waals surface area contributed by atoms with Crippen LogP contribution in [0.5, 0.6) is 0 Å². The van der Waals surface area contributed by atoms with Crippen LogP contribution in [0.15, 0.2) is 53.4 Å². The number of anilines is 1. The highest BCUT2D eigenvalue weighted by Gasteiger charge is 2.07. The van der Waals surface area contributed by atoms with Gasteiger partial charge >= 0.3 is 0 Å². The lowest BCUT2D eigenvalue weighted by molar-refractivity contribution is -0.118. The molecule has 0 saturated carbocycles. The third kappa shape index (κ3) is 5.56. The van der Waals surface area contributed by atoms with Crippen LogP contribution in [0.1, 0.15) is 0 Å². The maximum Gasteiger partial charge on any atom is 0.230 e. The molecule has 1 N–H and O–H groups in total. The van der Waals surface area contributed by atoms with Gasteiger partial charge in [0.15, 0.2) is 11.6 Å². The molecule has 0 aliphatic rings. The topological polar surface area (TPSA) is 32.3 Å². The van der Waals surface area contributed by atoms with Crippen LogP contribution in [-0.2, 0) is 4.79 Å². The summed E-state index contributed by atoms with van der Waals surface area (Å²) in [5.41, 5.74) is 1.08. The maximum absolute atomic E-state index is 13.1. The zero-order valence-corrected chi connectivity index (χ0v) is 13.6. The number of halogens is 2.